The number of methoxy groups -OCH3 is 1. The first kappa shape index (κ1) is 17.9. The molecule has 2 atom stereocenters. The molecule has 0 radical (unpaired) electrons. The van der Waals surface area contributed by atoms with Crippen molar-refractivity contribution in [3.63, 3.8) is 0 Å². The number of hydrogen-bond donors (Lipinski definition) is 2. The molecular weight excluding hydrogens is 250 g/mol. The second-order valence-corrected chi connectivity index (χ2v) is 4.68. The predicted molar refractivity (Wildman–Crippen MR) is 71.0 cm³/mol. The minimum Gasteiger partial charge on any atom is -0.481 e. The van der Waals surface area contributed by atoms with Crippen LogP contribution in [0, 0.1) is 5.92 Å². The summed E-state index contributed by atoms with van der Waals surface area (Å²) in [5.41, 5.74) is 0. The van der Waals surface area contributed by atoms with Gasteiger partial charge in [-0.05, 0) is 19.8 Å². The van der Waals surface area contributed by atoms with E-state index in [1.54, 1.807) is 14.0 Å². The van der Waals surface area contributed by atoms with Gasteiger partial charge in [0.25, 0.3) is 0 Å². The quantitative estimate of drug-likeness (QED) is 0.550. The molecule has 2 N–H and O–H groups in total. The number of aliphatic carboxylic acids is 1. The SMILES string of the molecule is COCCOCC(=O)NC(C)CCCC(C)C(=O)O. The molecular formula is C13H25NO5. The first-order valence-corrected chi connectivity index (χ1v) is 6.56. The van der Waals surface area contributed by atoms with Crippen molar-refractivity contribution in [2.24, 2.45) is 5.92 Å². The van der Waals surface area contributed by atoms with Crippen LogP contribution in [0.5, 0.6) is 0 Å². The zero-order chi connectivity index (χ0) is 14.7. The minimum atomic E-state index is -0.775. The molecule has 0 aliphatic carbocycles. The fraction of sp³-hybridized carbons (Fsp3) is 0.846. The third-order valence-corrected chi connectivity index (χ3v) is 2.77. The molecule has 0 spiro atoms. The maximum Gasteiger partial charge on any atom is 0.306 e. The highest BCUT2D eigenvalue weighted by Crippen LogP contribution is 2.09. The van der Waals surface area contributed by atoms with Crippen LogP contribution in [-0.2, 0) is 19.1 Å². The summed E-state index contributed by atoms with van der Waals surface area (Å²) in [5.74, 6) is -1.27. The predicted octanol–water partition coefficient (Wildman–Crippen LogP) is 1.05. The van der Waals surface area contributed by atoms with Gasteiger partial charge >= 0.3 is 5.97 Å². The lowest BCUT2D eigenvalue weighted by atomic mass is 10.0. The Kier molecular flexibility index (Phi) is 10.1. The van der Waals surface area contributed by atoms with E-state index in [1.807, 2.05) is 6.92 Å². The summed E-state index contributed by atoms with van der Waals surface area (Å²) in [4.78, 5) is 22.1. The van der Waals surface area contributed by atoms with Crippen LogP contribution < -0.4 is 5.32 Å². The van der Waals surface area contributed by atoms with Crippen LogP contribution in [0.1, 0.15) is 33.1 Å². The minimum absolute atomic E-state index is 0.0270. The lowest BCUT2D eigenvalue weighted by Gasteiger charge is -2.14. The first-order valence-electron chi connectivity index (χ1n) is 6.56. The molecule has 19 heavy (non-hydrogen) atoms. The maximum atomic E-state index is 11.5. The number of amides is 1. The maximum absolute atomic E-state index is 11.5. The number of carbonyl (C=O) groups is 2. The fourth-order valence-corrected chi connectivity index (χ4v) is 1.55. The largest absolute Gasteiger partial charge is 0.481 e. The Morgan fingerprint density at radius 3 is 2.47 bits per heavy atom. The van der Waals surface area contributed by atoms with Gasteiger partial charge in [0.15, 0.2) is 0 Å². The van der Waals surface area contributed by atoms with Gasteiger partial charge in [0.1, 0.15) is 6.61 Å². The smallest absolute Gasteiger partial charge is 0.306 e. The van der Waals surface area contributed by atoms with Crippen LogP contribution in [0.2, 0.25) is 0 Å². The van der Waals surface area contributed by atoms with E-state index in [2.05, 4.69) is 5.32 Å². The average Bonchev–Trinajstić information content (AvgIpc) is 2.34. The van der Waals surface area contributed by atoms with Crippen LogP contribution in [0.4, 0.5) is 0 Å². The van der Waals surface area contributed by atoms with Gasteiger partial charge in [-0.25, -0.2) is 0 Å². The van der Waals surface area contributed by atoms with Gasteiger partial charge in [-0.15, -0.1) is 0 Å². The van der Waals surface area contributed by atoms with E-state index in [-0.39, 0.29) is 24.5 Å². The number of carboxylic acid groups (broad SMARTS) is 1. The van der Waals surface area contributed by atoms with Gasteiger partial charge in [-0.1, -0.05) is 13.3 Å². The van der Waals surface area contributed by atoms with Crippen LogP contribution in [-0.4, -0.2) is 50.0 Å². The topological polar surface area (TPSA) is 84.9 Å². The molecule has 112 valence electrons. The number of hydrogen-bond acceptors (Lipinski definition) is 4. The second-order valence-electron chi connectivity index (χ2n) is 4.68. The molecule has 0 bridgehead atoms. The summed E-state index contributed by atoms with van der Waals surface area (Å²) in [7, 11) is 1.57. The van der Waals surface area contributed by atoms with Crippen LogP contribution in [0.25, 0.3) is 0 Å². The summed E-state index contributed by atoms with van der Waals surface area (Å²) in [6, 6.07) is 0.0273. The molecule has 0 saturated heterocycles. The Balaban J connectivity index is 3.59. The number of nitrogens with one attached hydrogen (secondary N) is 1. The Labute approximate surface area is 114 Å². The van der Waals surface area contributed by atoms with E-state index >= 15 is 0 Å². The van der Waals surface area contributed by atoms with Crippen molar-refractivity contribution in [1.82, 2.24) is 5.32 Å². The molecule has 6 heteroatoms. The molecule has 0 aromatic heterocycles. The normalized spacial score (nSPS) is 13.8. The van der Waals surface area contributed by atoms with Crippen molar-refractivity contribution in [1.29, 1.82) is 0 Å². The molecule has 0 aromatic rings. The summed E-state index contributed by atoms with van der Waals surface area (Å²) in [6.45, 7) is 4.48. The molecule has 0 heterocycles. The summed E-state index contributed by atoms with van der Waals surface area (Å²) < 4.78 is 9.89. The first-order chi connectivity index (χ1) is 8.97. The lowest BCUT2D eigenvalue weighted by molar-refractivity contribution is -0.141. The van der Waals surface area contributed by atoms with E-state index < -0.39 is 5.97 Å². The van der Waals surface area contributed by atoms with Crippen molar-refractivity contribution in [3.05, 3.63) is 0 Å². The highest BCUT2D eigenvalue weighted by Gasteiger charge is 2.12. The molecule has 0 fully saturated rings. The van der Waals surface area contributed by atoms with Crippen molar-refractivity contribution in [3.8, 4) is 0 Å². The van der Waals surface area contributed by atoms with E-state index in [1.165, 1.54) is 0 Å². The Morgan fingerprint density at radius 2 is 1.89 bits per heavy atom. The average molecular weight is 275 g/mol. The van der Waals surface area contributed by atoms with Gasteiger partial charge in [-0.3, -0.25) is 9.59 Å². The summed E-state index contributed by atoms with van der Waals surface area (Å²) in [6.07, 6.45) is 2.17. The van der Waals surface area contributed by atoms with Gasteiger partial charge in [0, 0.05) is 13.2 Å². The molecule has 0 aromatic carbocycles. The van der Waals surface area contributed by atoms with E-state index in [0.717, 1.165) is 12.8 Å². The van der Waals surface area contributed by atoms with Gasteiger partial charge in [0.2, 0.25) is 5.91 Å². The van der Waals surface area contributed by atoms with Crippen molar-refractivity contribution in [2.45, 2.75) is 39.2 Å². The van der Waals surface area contributed by atoms with Gasteiger partial charge in [-0.2, -0.15) is 0 Å². The van der Waals surface area contributed by atoms with Crippen LogP contribution >= 0.6 is 0 Å². The lowest BCUT2D eigenvalue weighted by Crippen LogP contribution is -2.35. The summed E-state index contributed by atoms with van der Waals surface area (Å²) >= 11 is 0. The molecule has 2 unspecified atom stereocenters. The Bertz CT molecular complexity index is 270. The monoisotopic (exact) mass is 275 g/mol. The number of ether oxygens (including phenoxy) is 2. The van der Waals surface area contributed by atoms with Crippen molar-refractivity contribution < 1.29 is 24.2 Å². The molecule has 0 aliphatic heterocycles. The van der Waals surface area contributed by atoms with Crippen LogP contribution in [0.15, 0.2) is 0 Å². The standard InChI is InChI=1S/C13H25NO5/c1-10(13(16)17)5-4-6-11(2)14-12(15)9-19-8-7-18-3/h10-11H,4-9H2,1-3H3,(H,14,15)(H,16,17). The third-order valence-electron chi connectivity index (χ3n) is 2.77. The fourth-order valence-electron chi connectivity index (χ4n) is 1.55. The highest BCUT2D eigenvalue weighted by atomic mass is 16.5. The molecule has 1 amide bonds. The summed E-state index contributed by atoms with van der Waals surface area (Å²) in [5, 5.41) is 11.5. The van der Waals surface area contributed by atoms with Crippen molar-refractivity contribution >= 4 is 11.9 Å². The second kappa shape index (κ2) is 10.8. The molecule has 0 saturated carbocycles. The van der Waals surface area contributed by atoms with Crippen LogP contribution in [0.3, 0.4) is 0 Å². The van der Waals surface area contributed by atoms with E-state index in [4.69, 9.17) is 14.6 Å². The Morgan fingerprint density at radius 1 is 1.21 bits per heavy atom. The number of carboxylic acids is 1. The van der Waals surface area contributed by atoms with E-state index in [0.29, 0.717) is 19.6 Å². The molecule has 6 nitrogen and oxygen atoms in total. The molecule has 0 aliphatic rings. The Hall–Kier alpha value is -1.14. The van der Waals surface area contributed by atoms with Gasteiger partial charge in [0.05, 0.1) is 19.1 Å². The third kappa shape index (κ3) is 10.5. The zero-order valence-electron chi connectivity index (χ0n) is 12.0. The zero-order valence-corrected chi connectivity index (χ0v) is 12.0. The number of rotatable bonds is 11. The number of carbonyl (C=O) groups excluding carboxylic acids is 1. The van der Waals surface area contributed by atoms with E-state index in [9.17, 15) is 9.59 Å². The molecule has 0 rings (SSSR count). The van der Waals surface area contributed by atoms with Gasteiger partial charge < -0.3 is 19.9 Å². The van der Waals surface area contributed by atoms with Crippen molar-refractivity contribution in [2.75, 3.05) is 26.9 Å². The highest BCUT2D eigenvalue weighted by molar-refractivity contribution is 5.77.